The molecule has 0 spiro atoms. The van der Waals surface area contributed by atoms with Gasteiger partial charge in [0, 0.05) is 10.2 Å². The second-order valence-corrected chi connectivity index (χ2v) is 5.47. The van der Waals surface area contributed by atoms with Crippen LogP contribution < -0.4 is 11.1 Å². The second-order valence-electron chi connectivity index (χ2n) is 4.62. The summed E-state index contributed by atoms with van der Waals surface area (Å²) in [6.45, 7) is 2.41. The smallest absolute Gasteiger partial charge is 0.193 e. The molecule has 0 aromatic heterocycles. The van der Waals surface area contributed by atoms with Gasteiger partial charge in [-0.2, -0.15) is 0 Å². The summed E-state index contributed by atoms with van der Waals surface area (Å²) < 4.78 is 14.0. The fraction of sp³-hybridized carbons (Fsp3) is 0.188. The fourth-order valence-electron chi connectivity index (χ4n) is 1.89. The summed E-state index contributed by atoms with van der Waals surface area (Å²) in [5.74, 6) is 0.0185. The summed E-state index contributed by atoms with van der Waals surface area (Å²) in [5.41, 5.74) is 8.73. The molecule has 0 aliphatic carbocycles. The number of nitrogens with two attached hydrogens (primary N) is 1. The van der Waals surface area contributed by atoms with Crippen LogP contribution in [0.3, 0.4) is 0 Å². The van der Waals surface area contributed by atoms with Crippen molar-refractivity contribution in [3.05, 3.63) is 63.9 Å². The van der Waals surface area contributed by atoms with E-state index in [1.165, 1.54) is 17.7 Å². The lowest BCUT2D eigenvalue weighted by atomic mass is 10.1. The van der Waals surface area contributed by atoms with Crippen molar-refractivity contribution in [2.45, 2.75) is 19.9 Å². The van der Waals surface area contributed by atoms with Crippen molar-refractivity contribution in [1.29, 1.82) is 0 Å². The minimum Gasteiger partial charge on any atom is -0.370 e. The van der Waals surface area contributed by atoms with Gasteiger partial charge in [-0.05, 0) is 47.9 Å². The number of aryl methyl sites for hydroxylation is 1. The highest BCUT2D eigenvalue weighted by molar-refractivity contribution is 9.10. The van der Waals surface area contributed by atoms with Gasteiger partial charge < -0.3 is 11.1 Å². The molecule has 0 bridgehead atoms. The van der Waals surface area contributed by atoms with E-state index in [0.29, 0.717) is 12.5 Å². The van der Waals surface area contributed by atoms with Crippen LogP contribution in [0.2, 0.25) is 0 Å². The number of nitrogens with zero attached hydrogens (tertiary/aromatic N) is 1. The van der Waals surface area contributed by atoms with Gasteiger partial charge in [0.25, 0.3) is 0 Å². The third-order valence-electron chi connectivity index (χ3n) is 3.04. The van der Waals surface area contributed by atoms with E-state index < -0.39 is 0 Å². The molecule has 2 aromatic rings. The number of hydrogen-bond donors (Lipinski definition) is 2. The topological polar surface area (TPSA) is 50.4 Å². The van der Waals surface area contributed by atoms with Crippen LogP contribution in [0.5, 0.6) is 0 Å². The quantitative estimate of drug-likeness (QED) is 0.645. The van der Waals surface area contributed by atoms with Gasteiger partial charge in [0.1, 0.15) is 5.82 Å². The Kier molecular flexibility index (Phi) is 5.33. The summed E-state index contributed by atoms with van der Waals surface area (Å²) in [7, 11) is 0. The molecule has 2 rings (SSSR count). The maximum atomic E-state index is 13.2. The minimum atomic E-state index is -0.287. The number of anilines is 1. The van der Waals surface area contributed by atoms with Crippen LogP contribution in [0.4, 0.5) is 10.1 Å². The van der Waals surface area contributed by atoms with Crippen LogP contribution in [0, 0.1) is 5.82 Å². The summed E-state index contributed by atoms with van der Waals surface area (Å²) in [6, 6.07) is 12.5. The van der Waals surface area contributed by atoms with E-state index in [0.717, 1.165) is 22.1 Å². The number of aliphatic imine (C=N–C) groups is 1. The van der Waals surface area contributed by atoms with Gasteiger partial charge in [-0.3, -0.25) is 0 Å². The molecule has 21 heavy (non-hydrogen) atoms. The summed E-state index contributed by atoms with van der Waals surface area (Å²) in [4.78, 5) is 4.23. The Labute approximate surface area is 132 Å². The van der Waals surface area contributed by atoms with Crippen molar-refractivity contribution < 1.29 is 4.39 Å². The van der Waals surface area contributed by atoms with Crippen molar-refractivity contribution in [3.8, 4) is 0 Å². The predicted molar refractivity (Wildman–Crippen MR) is 88.9 cm³/mol. The molecule has 0 atom stereocenters. The van der Waals surface area contributed by atoms with E-state index >= 15 is 0 Å². The van der Waals surface area contributed by atoms with E-state index in [1.54, 1.807) is 6.07 Å². The zero-order valence-electron chi connectivity index (χ0n) is 11.7. The normalized spacial score (nSPS) is 11.5. The highest BCUT2D eigenvalue weighted by atomic mass is 79.9. The second kappa shape index (κ2) is 7.22. The molecule has 0 aliphatic rings. The van der Waals surface area contributed by atoms with E-state index in [9.17, 15) is 4.39 Å². The molecule has 0 radical (unpaired) electrons. The standard InChI is InChI=1S/C16H17BrFN3/c1-2-11-4-3-5-14(8-11)21-16(19)20-10-12-9-13(18)6-7-15(12)17/h3-9H,2,10H2,1H3,(H3,19,20,21). The molecule has 0 saturated heterocycles. The lowest BCUT2D eigenvalue weighted by Crippen LogP contribution is -2.22. The molecule has 3 N–H and O–H groups in total. The summed E-state index contributed by atoms with van der Waals surface area (Å²) >= 11 is 3.37. The summed E-state index contributed by atoms with van der Waals surface area (Å²) in [5, 5.41) is 3.04. The average Bonchev–Trinajstić information content (AvgIpc) is 2.48. The minimum absolute atomic E-state index is 0.287. The third kappa shape index (κ3) is 4.56. The van der Waals surface area contributed by atoms with Gasteiger partial charge in [-0.25, -0.2) is 9.38 Å². The first-order valence-electron chi connectivity index (χ1n) is 6.68. The van der Waals surface area contributed by atoms with E-state index in [-0.39, 0.29) is 5.82 Å². The average molecular weight is 350 g/mol. The molecule has 5 heteroatoms. The van der Waals surface area contributed by atoms with Gasteiger partial charge in [0.15, 0.2) is 5.96 Å². The highest BCUT2D eigenvalue weighted by Crippen LogP contribution is 2.18. The molecule has 110 valence electrons. The van der Waals surface area contributed by atoms with Gasteiger partial charge >= 0.3 is 0 Å². The van der Waals surface area contributed by atoms with E-state index in [4.69, 9.17) is 5.73 Å². The van der Waals surface area contributed by atoms with Crippen LogP contribution in [-0.4, -0.2) is 5.96 Å². The first kappa shape index (κ1) is 15.5. The molecule has 2 aromatic carbocycles. The van der Waals surface area contributed by atoms with Crippen LogP contribution in [0.25, 0.3) is 0 Å². The van der Waals surface area contributed by atoms with Gasteiger partial charge in [-0.1, -0.05) is 35.0 Å². The molecule has 0 saturated carbocycles. The van der Waals surface area contributed by atoms with Crippen molar-refractivity contribution in [2.24, 2.45) is 10.7 Å². The highest BCUT2D eigenvalue weighted by Gasteiger charge is 2.02. The lowest BCUT2D eigenvalue weighted by molar-refractivity contribution is 0.625. The zero-order chi connectivity index (χ0) is 15.2. The Morgan fingerprint density at radius 1 is 1.29 bits per heavy atom. The van der Waals surface area contributed by atoms with E-state index in [2.05, 4.69) is 39.2 Å². The molecule has 0 unspecified atom stereocenters. The predicted octanol–water partition coefficient (Wildman–Crippen LogP) is 4.08. The first-order chi connectivity index (χ1) is 10.1. The number of rotatable bonds is 4. The summed E-state index contributed by atoms with van der Waals surface area (Å²) in [6.07, 6.45) is 0.961. The Bertz CT molecular complexity index is 656. The zero-order valence-corrected chi connectivity index (χ0v) is 13.3. The van der Waals surface area contributed by atoms with Crippen molar-refractivity contribution in [1.82, 2.24) is 0 Å². The molecule has 3 nitrogen and oxygen atoms in total. The van der Waals surface area contributed by atoms with Crippen LogP contribution in [-0.2, 0) is 13.0 Å². The SMILES string of the molecule is CCc1cccc(NC(N)=NCc2cc(F)ccc2Br)c1. The maximum absolute atomic E-state index is 13.2. The van der Waals surface area contributed by atoms with Crippen LogP contribution in [0.15, 0.2) is 51.9 Å². The van der Waals surface area contributed by atoms with Crippen molar-refractivity contribution in [2.75, 3.05) is 5.32 Å². The van der Waals surface area contributed by atoms with Gasteiger partial charge in [-0.15, -0.1) is 0 Å². The molecule has 0 fully saturated rings. The Balaban J connectivity index is 2.05. The van der Waals surface area contributed by atoms with Crippen molar-refractivity contribution >= 4 is 27.6 Å². The largest absolute Gasteiger partial charge is 0.370 e. The van der Waals surface area contributed by atoms with E-state index in [1.807, 2.05) is 18.2 Å². The third-order valence-corrected chi connectivity index (χ3v) is 3.81. The molecule has 0 heterocycles. The van der Waals surface area contributed by atoms with Gasteiger partial charge in [0.2, 0.25) is 0 Å². The molecule has 0 aliphatic heterocycles. The maximum Gasteiger partial charge on any atom is 0.193 e. The molecule has 0 amide bonds. The Hall–Kier alpha value is -1.88. The van der Waals surface area contributed by atoms with Gasteiger partial charge in [0.05, 0.1) is 6.54 Å². The number of nitrogens with one attached hydrogen (secondary N) is 1. The fourth-order valence-corrected chi connectivity index (χ4v) is 2.26. The number of hydrogen-bond acceptors (Lipinski definition) is 1. The van der Waals surface area contributed by atoms with Crippen molar-refractivity contribution in [3.63, 3.8) is 0 Å². The number of benzene rings is 2. The Morgan fingerprint density at radius 2 is 2.10 bits per heavy atom. The number of guanidine groups is 1. The molecular formula is C16H17BrFN3. The molecular weight excluding hydrogens is 333 g/mol. The Morgan fingerprint density at radius 3 is 2.86 bits per heavy atom. The van der Waals surface area contributed by atoms with Crippen LogP contribution in [0.1, 0.15) is 18.1 Å². The van der Waals surface area contributed by atoms with Crippen LogP contribution >= 0.6 is 15.9 Å². The lowest BCUT2D eigenvalue weighted by Gasteiger charge is -2.07. The first-order valence-corrected chi connectivity index (χ1v) is 7.47. The number of halogens is 2. The monoisotopic (exact) mass is 349 g/mol.